The van der Waals surface area contributed by atoms with Crippen LogP contribution in [0.4, 0.5) is 0 Å². The highest BCUT2D eigenvalue weighted by Crippen LogP contribution is 2.25. The molecule has 0 atom stereocenters. The van der Waals surface area contributed by atoms with E-state index in [0.717, 1.165) is 28.4 Å². The molecular weight excluding hydrogens is 312 g/mol. The quantitative estimate of drug-likeness (QED) is 0.559. The van der Waals surface area contributed by atoms with Gasteiger partial charge < -0.3 is 9.30 Å². The number of rotatable bonds is 4. The van der Waals surface area contributed by atoms with Crippen molar-refractivity contribution in [2.24, 2.45) is 7.05 Å². The molecule has 3 aromatic heterocycles. The number of hydrogen-bond acceptors (Lipinski definition) is 4. The molecule has 5 heteroatoms. The number of pyridine rings is 2. The summed E-state index contributed by atoms with van der Waals surface area (Å²) in [5.41, 5.74) is 2.78. The van der Waals surface area contributed by atoms with Crippen molar-refractivity contribution in [1.82, 2.24) is 19.5 Å². The first-order valence-corrected chi connectivity index (χ1v) is 7.93. The van der Waals surface area contributed by atoms with Crippen LogP contribution in [0.3, 0.4) is 0 Å². The van der Waals surface area contributed by atoms with E-state index in [0.29, 0.717) is 5.88 Å². The maximum absolute atomic E-state index is 5.72. The highest BCUT2D eigenvalue weighted by Gasteiger charge is 2.10. The van der Waals surface area contributed by atoms with E-state index in [2.05, 4.69) is 9.97 Å². The molecule has 0 aliphatic heterocycles. The van der Waals surface area contributed by atoms with Crippen molar-refractivity contribution in [3.63, 3.8) is 0 Å². The monoisotopic (exact) mass is 328 g/mol. The van der Waals surface area contributed by atoms with Gasteiger partial charge in [0, 0.05) is 49.0 Å². The van der Waals surface area contributed by atoms with Crippen molar-refractivity contribution < 1.29 is 4.74 Å². The summed E-state index contributed by atoms with van der Waals surface area (Å²) in [6, 6.07) is 17.3. The van der Waals surface area contributed by atoms with Gasteiger partial charge in [0.25, 0.3) is 0 Å². The van der Waals surface area contributed by atoms with Crippen LogP contribution in [0.25, 0.3) is 22.6 Å². The van der Waals surface area contributed by atoms with E-state index in [1.54, 1.807) is 18.6 Å². The average molecular weight is 328 g/mol. The lowest BCUT2D eigenvalue weighted by atomic mass is 10.2. The van der Waals surface area contributed by atoms with Crippen molar-refractivity contribution >= 4 is 0 Å². The SMILES string of the molecule is Cn1cc(-c2ccc(Oc3ccccc3)nc2)nc1-c1cccnc1. The lowest BCUT2D eigenvalue weighted by Gasteiger charge is -2.04. The van der Waals surface area contributed by atoms with Crippen LogP contribution in [0.15, 0.2) is 79.4 Å². The van der Waals surface area contributed by atoms with E-state index in [1.807, 2.05) is 72.4 Å². The third-order valence-corrected chi connectivity index (χ3v) is 3.79. The highest BCUT2D eigenvalue weighted by atomic mass is 16.5. The highest BCUT2D eigenvalue weighted by molar-refractivity contribution is 5.64. The molecule has 25 heavy (non-hydrogen) atoms. The summed E-state index contributed by atoms with van der Waals surface area (Å²) >= 11 is 0. The second kappa shape index (κ2) is 6.57. The first-order chi connectivity index (χ1) is 12.3. The van der Waals surface area contributed by atoms with E-state index in [1.165, 1.54) is 0 Å². The van der Waals surface area contributed by atoms with E-state index < -0.39 is 0 Å². The van der Waals surface area contributed by atoms with E-state index >= 15 is 0 Å². The van der Waals surface area contributed by atoms with Gasteiger partial charge in [0.15, 0.2) is 0 Å². The van der Waals surface area contributed by atoms with Gasteiger partial charge in [-0.1, -0.05) is 18.2 Å². The summed E-state index contributed by atoms with van der Waals surface area (Å²) < 4.78 is 7.71. The van der Waals surface area contributed by atoms with Crippen LogP contribution in [-0.4, -0.2) is 19.5 Å². The molecule has 0 aliphatic carbocycles. The summed E-state index contributed by atoms with van der Waals surface area (Å²) in [6.07, 6.45) is 7.31. The van der Waals surface area contributed by atoms with Crippen LogP contribution in [0.5, 0.6) is 11.6 Å². The Morgan fingerprint density at radius 3 is 2.48 bits per heavy atom. The minimum atomic E-state index is 0.554. The van der Waals surface area contributed by atoms with Crippen molar-refractivity contribution in [1.29, 1.82) is 0 Å². The van der Waals surface area contributed by atoms with Gasteiger partial charge in [-0.25, -0.2) is 9.97 Å². The Balaban J connectivity index is 1.58. The van der Waals surface area contributed by atoms with E-state index in [-0.39, 0.29) is 0 Å². The van der Waals surface area contributed by atoms with Crippen molar-refractivity contribution in [2.45, 2.75) is 0 Å². The molecule has 0 bridgehead atoms. The smallest absolute Gasteiger partial charge is 0.219 e. The van der Waals surface area contributed by atoms with Gasteiger partial charge in [0.05, 0.1) is 5.69 Å². The fraction of sp³-hybridized carbons (Fsp3) is 0.0500. The third-order valence-electron chi connectivity index (χ3n) is 3.79. The van der Waals surface area contributed by atoms with Crippen LogP contribution < -0.4 is 4.74 Å². The minimum Gasteiger partial charge on any atom is -0.439 e. The van der Waals surface area contributed by atoms with Gasteiger partial charge in [0.1, 0.15) is 11.6 Å². The van der Waals surface area contributed by atoms with Gasteiger partial charge in [-0.05, 0) is 30.3 Å². The number of para-hydroxylation sites is 1. The number of hydrogen-bond donors (Lipinski definition) is 0. The number of aromatic nitrogens is 4. The summed E-state index contributed by atoms with van der Waals surface area (Å²) in [4.78, 5) is 13.2. The van der Waals surface area contributed by atoms with Gasteiger partial charge >= 0.3 is 0 Å². The molecule has 4 rings (SSSR count). The number of imidazole rings is 1. The first-order valence-electron chi connectivity index (χ1n) is 7.93. The maximum Gasteiger partial charge on any atom is 0.219 e. The van der Waals surface area contributed by atoms with Crippen LogP contribution in [0, 0.1) is 0 Å². The summed E-state index contributed by atoms with van der Waals surface area (Å²) in [6.45, 7) is 0. The Bertz CT molecular complexity index is 964. The molecule has 1 aromatic carbocycles. The zero-order valence-corrected chi connectivity index (χ0v) is 13.7. The zero-order chi connectivity index (χ0) is 17.1. The third kappa shape index (κ3) is 3.26. The molecule has 3 heterocycles. The molecular formula is C20H16N4O. The second-order valence-corrected chi connectivity index (χ2v) is 5.60. The predicted molar refractivity (Wildman–Crippen MR) is 96.2 cm³/mol. The molecule has 0 spiro atoms. The van der Waals surface area contributed by atoms with Gasteiger partial charge in [0.2, 0.25) is 5.88 Å². The Hall–Kier alpha value is -3.47. The van der Waals surface area contributed by atoms with E-state index in [9.17, 15) is 0 Å². The van der Waals surface area contributed by atoms with Crippen molar-refractivity contribution in [3.05, 3.63) is 79.4 Å². The Morgan fingerprint density at radius 1 is 0.880 bits per heavy atom. The topological polar surface area (TPSA) is 52.8 Å². The number of nitrogens with zero attached hydrogens (tertiary/aromatic N) is 4. The molecule has 0 unspecified atom stereocenters. The number of aryl methyl sites for hydroxylation is 1. The average Bonchev–Trinajstić information content (AvgIpc) is 3.06. The number of ether oxygens (including phenoxy) is 1. The summed E-state index contributed by atoms with van der Waals surface area (Å²) in [7, 11) is 1.97. The van der Waals surface area contributed by atoms with Crippen LogP contribution in [-0.2, 0) is 7.05 Å². The predicted octanol–water partition coefficient (Wildman–Crippen LogP) is 4.34. The molecule has 4 aromatic rings. The fourth-order valence-electron chi connectivity index (χ4n) is 2.57. The Labute approximate surface area is 145 Å². The molecule has 5 nitrogen and oxygen atoms in total. The van der Waals surface area contributed by atoms with Crippen molar-refractivity contribution in [2.75, 3.05) is 0 Å². The van der Waals surface area contributed by atoms with Crippen LogP contribution in [0.1, 0.15) is 0 Å². The molecule has 0 saturated carbocycles. The molecule has 0 radical (unpaired) electrons. The molecule has 0 amide bonds. The molecule has 0 aliphatic rings. The fourth-order valence-corrected chi connectivity index (χ4v) is 2.57. The first kappa shape index (κ1) is 15.1. The lowest BCUT2D eigenvalue weighted by Crippen LogP contribution is -1.90. The van der Waals surface area contributed by atoms with Gasteiger partial charge in [-0.3, -0.25) is 4.98 Å². The standard InChI is InChI=1S/C20H16N4O/c1-24-14-18(23-20(24)16-6-5-11-21-12-16)15-9-10-19(22-13-15)25-17-7-3-2-4-8-17/h2-14H,1H3. The Morgan fingerprint density at radius 2 is 1.76 bits per heavy atom. The zero-order valence-electron chi connectivity index (χ0n) is 13.7. The molecule has 0 fully saturated rings. The normalized spacial score (nSPS) is 10.6. The summed E-state index contributed by atoms with van der Waals surface area (Å²) in [5, 5.41) is 0. The summed E-state index contributed by atoms with van der Waals surface area (Å²) in [5.74, 6) is 2.19. The number of benzene rings is 1. The Kier molecular flexibility index (Phi) is 3.96. The van der Waals surface area contributed by atoms with Crippen LogP contribution >= 0.6 is 0 Å². The largest absolute Gasteiger partial charge is 0.439 e. The van der Waals surface area contributed by atoms with Crippen LogP contribution in [0.2, 0.25) is 0 Å². The molecule has 0 N–H and O–H groups in total. The van der Waals surface area contributed by atoms with Gasteiger partial charge in [-0.2, -0.15) is 0 Å². The lowest BCUT2D eigenvalue weighted by molar-refractivity contribution is 0.463. The molecule has 0 saturated heterocycles. The maximum atomic E-state index is 5.72. The van der Waals surface area contributed by atoms with Crippen molar-refractivity contribution in [3.8, 4) is 34.3 Å². The van der Waals surface area contributed by atoms with E-state index in [4.69, 9.17) is 9.72 Å². The van der Waals surface area contributed by atoms with Gasteiger partial charge in [-0.15, -0.1) is 0 Å². The second-order valence-electron chi connectivity index (χ2n) is 5.60. The molecule has 122 valence electrons. The minimum absolute atomic E-state index is 0.554.